The topological polar surface area (TPSA) is 71.6 Å². The minimum Gasteiger partial charge on any atom is -0.325 e. The molecule has 0 bridgehead atoms. The number of hydrogen-bond donors (Lipinski definition) is 1. The molecule has 1 amide bonds. The van der Waals surface area contributed by atoms with E-state index < -0.39 is 40.6 Å². The molecular formula is C15H11F6N5OS. The number of benzene rings is 1. The van der Waals surface area contributed by atoms with Gasteiger partial charge in [0.2, 0.25) is 5.91 Å². The summed E-state index contributed by atoms with van der Waals surface area (Å²) in [6.07, 6.45) is -10.3. The van der Waals surface area contributed by atoms with Crippen LogP contribution >= 0.6 is 11.9 Å². The summed E-state index contributed by atoms with van der Waals surface area (Å²) in [6.45, 7) is 1.06. The lowest BCUT2D eigenvalue weighted by Crippen LogP contribution is -2.45. The molecule has 6 nitrogen and oxygen atoms in total. The highest BCUT2D eigenvalue weighted by Gasteiger charge is 2.52. The smallest absolute Gasteiger partial charge is 0.325 e. The van der Waals surface area contributed by atoms with Crippen molar-refractivity contribution in [2.75, 3.05) is 5.32 Å². The largest absolute Gasteiger partial charge is 0.435 e. The van der Waals surface area contributed by atoms with Crippen LogP contribution < -0.4 is 5.32 Å². The molecule has 2 aromatic rings. The molecule has 0 radical (unpaired) electrons. The Labute approximate surface area is 158 Å². The van der Waals surface area contributed by atoms with Crippen molar-refractivity contribution in [1.82, 2.24) is 9.78 Å². The Morgan fingerprint density at radius 1 is 1.14 bits per heavy atom. The molecule has 2 heterocycles. The summed E-state index contributed by atoms with van der Waals surface area (Å²) in [4.78, 5) is 12.6. The zero-order valence-electron chi connectivity index (χ0n) is 13.9. The zero-order valence-corrected chi connectivity index (χ0v) is 14.7. The number of hydrogen-bond acceptors (Lipinski definition) is 5. The van der Waals surface area contributed by atoms with E-state index in [1.54, 1.807) is 30.3 Å². The van der Waals surface area contributed by atoms with E-state index in [1.165, 1.54) is 0 Å². The zero-order chi connectivity index (χ0) is 20.7. The summed E-state index contributed by atoms with van der Waals surface area (Å²) in [6, 6.07) is 7.90. The predicted molar refractivity (Wildman–Crippen MR) is 87.2 cm³/mol. The molecule has 1 aliphatic heterocycles. The van der Waals surface area contributed by atoms with Gasteiger partial charge in [0, 0.05) is 23.7 Å². The maximum atomic E-state index is 13.3. The van der Waals surface area contributed by atoms with E-state index >= 15 is 0 Å². The van der Waals surface area contributed by atoms with E-state index in [2.05, 4.69) is 20.0 Å². The normalized spacial score (nSPS) is 22.5. The quantitative estimate of drug-likeness (QED) is 0.574. The number of nitrogens with zero attached hydrogens (tertiary/aromatic N) is 4. The monoisotopic (exact) mass is 423 g/mol. The Bertz CT molecular complexity index is 910. The van der Waals surface area contributed by atoms with Gasteiger partial charge in [-0.3, -0.25) is 4.79 Å². The van der Waals surface area contributed by atoms with Crippen LogP contribution in [-0.2, 0) is 22.8 Å². The van der Waals surface area contributed by atoms with Gasteiger partial charge in [0.25, 0.3) is 0 Å². The molecule has 2 unspecified atom stereocenters. The van der Waals surface area contributed by atoms with Crippen molar-refractivity contribution in [1.29, 1.82) is 0 Å². The summed E-state index contributed by atoms with van der Waals surface area (Å²) >= 11 is 0.544. The van der Waals surface area contributed by atoms with Gasteiger partial charge in [-0.25, -0.2) is 4.68 Å². The van der Waals surface area contributed by atoms with Crippen molar-refractivity contribution in [3.8, 4) is 0 Å². The third kappa shape index (κ3) is 3.70. The fraction of sp³-hybridized carbons (Fsp3) is 0.333. The molecule has 0 saturated carbocycles. The summed E-state index contributed by atoms with van der Waals surface area (Å²) in [5.74, 6) is -0.777. The summed E-state index contributed by atoms with van der Waals surface area (Å²) in [7, 11) is 0. The maximum Gasteiger partial charge on any atom is 0.435 e. The first-order chi connectivity index (χ1) is 12.9. The SMILES string of the molecule is CC1(n2nc(C(F)(F)F)cc2C(F)(F)F)N=NSC1C(=O)Nc1ccccc1. The second-order valence-electron chi connectivity index (χ2n) is 5.94. The number of carbonyl (C=O) groups is 1. The molecule has 0 saturated heterocycles. The first-order valence-corrected chi connectivity index (χ1v) is 8.45. The first kappa shape index (κ1) is 20.2. The number of rotatable bonds is 3. The molecule has 0 fully saturated rings. The average molecular weight is 423 g/mol. The van der Waals surface area contributed by atoms with Crippen molar-refractivity contribution in [2.24, 2.45) is 9.63 Å². The van der Waals surface area contributed by atoms with E-state index in [-0.39, 0.29) is 10.7 Å². The molecule has 0 aliphatic carbocycles. The Hall–Kier alpha value is -2.57. The molecule has 1 aliphatic rings. The molecule has 1 N–H and O–H groups in total. The molecule has 150 valence electrons. The van der Waals surface area contributed by atoms with E-state index in [9.17, 15) is 31.1 Å². The lowest BCUT2D eigenvalue weighted by atomic mass is 10.1. The Balaban J connectivity index is 2.02. The van der Waals surface area contributed by atoms with E-state index in [4.69, 9.17) is 0 Å². The minimum absolute atomic E-state index is 0.0641. The number of anilines is 1. The van der Waals surface area contributed by atoms with Crippen LogP contribution in [0, 0.1) is 0 Å². The molecule has 2 atom stereocenters. The van der Waals surface area contributed by atoms with Gasteiger partial charge in [0.05, 0.1) is 0 Å². The highest BCUT2D eigenvalue weighted by Crippen LogP contribution is 2.44. The van der Waals surface area contributed by atoms with Crippen LogP contribution in [0.1, 0.15) is 18.3 Å². The Kier molecular flexibility index (Phi) is 4.89. The number of amides is 1. The third-order valence-electron chi connectivity index (χ3n) is 3.89. The third-order valence-corrected chi connectivity index (χ3v) is 4.94. The molecule has 13 heteroatoms. The van der Waals surface area contributed by atoms with Crippen molar-refractivity contribution < 1.29 is 31.1 Å². The van der Waals surface area contributed by atoms with Crippen LogP contribution in [0.2, 0.25) is 0 Å². The van der Waals surface area contributed by atoms with Gasteiger partial charge in [0.1, 0.15) is 5.69 Å². The lowest BCUT2D eigenvalue weighted by molar-refractivity contribution is -0.147. The van der Waals surface area contributed by atoms with E-state index in [0.717, 1.165) is 6.92 Å². The van der Waals surface area contributed by atoms with Crippen molar-refractivity contribution >= 4 is 23.5 Å². The second kappa shape index (κ2) is 6.79. The van der Waals surface area contributed by atoms with Gasteiger partial charge in [-0.1, -0.05) is 18.2 Å². The van der Waals surface area contributed by atoms with Crippen LogP contribution in [0.3, 0.4) is 0 Å². The van der Waals surface area contributed by atoms with Gasteiger partial charge in [-0.15, -0.1) is 9.63 Å². The first-order valence-electron chi connectivity index (χ1n) is 7.62. The number of alkyl halides is 6. The van der Waals surface area contributed by atoms with Crippen LogP contribution in [0.5, 0.6) is 0 Å². The molecular weight excluding hydrogens is 412 g/mol. The van der Waals surface area contributed by atoms with Gasteiger partial charge in [-0.05, 0) is 19.1 Å². The maximum absolute atomic E-state index is 13.3. The van der Waals surface area contributed by atoms with Crippen LogP contribution in [0.4, 0.5) is 32.0 Å². The summed E-state index contributed by atoms with van der Waals surface area (Å²) in [5.41, 5.74) is -5.18. The summed E-state index contributed by atoms with van der Waals surface area (Å²) in [5, 5.41) is 7.78. The van der Waals surface area contributed by atoms with Crippen LogP contribution in [-0.4, -0.2) is 20.9 Å². The molecule has 28 heavy (non-hydrogen) atoms. The molecule has 3 rings (SSSR count). The highest BCUT2D eigenvalue weighted by atomic mass is 32.2. The standard InChI is InChI=1S/C15H11F6N5OS/c1-13(26-10(15(19,20)21)7-9(23-26)14(16,17)18)11(28-25-24-13)12(27)22-8-5-3-2-4-6-8/h2-7,11H,1H3,(H,22,27). The fourth-order valence-electron chi connectivity index (χ4n) is 2.55. The van der Waals surface area contributed by atoms with Crippen LogP contribution in [0.15, 0.2) is 46.0 Å². The Morgan fingerprint density at radius 3 is 2.36 bits per heavy atom. The minimum atomic E-state index is -5.15. The van der Waals surface area contributed by atoms with E-state index in [1.807, 2.05) is 0 Å². The molecule has 0 spiro atoms. The van der Waals surface area contributed by atoms with Crippen LogP contribution in [0.25, 0.3) is 0 Å². The van der Waals surface area contributed by atoms with Crippen molar-refractivity contribution in [2.45, 2.75) is 30.2 Å². The Morgan fingerprint density at radius 2 is 1.79 bits per heavy atom. The second-order valence-corrected chi connectivity index (χ2v) is 6.78. The number of para-hydroxylation sites is 1. The fourth-order valence-corrected chi connectivity index (χ4v) is 3.36. The predicted octanol–water partition coefficient (Wildman–Crippen LogP) is 4.71. The van der Waals surface area contributed by atoms with Gasteiger partial charge in [0.15, 0.2) is 16.6 Å². The van der Waals surface area contributed by atoms with Gasteiger partial charge < -0.3 is 5.32 Å². The number of nitrogens with one attached hydrogen (secondary N) is 1. The lowest BCUT2D eigenvalue weighted by Gasteiger charge is -2.28. The molecule has 1 aromatic carbocycles. The summed E-state index contributed by atoms with van der Waals surface area (Å²) < 4.78 is 82.4. The van der Waals surface area contributed by atoms with Gasteiger partial charge in [-0.2, -0.15) is 31.4 Å². The number of halogens is 6. The number of aromatic nitrogens is 2. The number of carbonyl (C=O) groups excluding carboxylic acids is 1. The van der Waals surface area contributed by atoms with Crippen molar-refractivity contribution in [3.05, 3.63) is 47.8 Å². The average Bonchev–Trinajstić information content (AvgIpc) is 3.20. The van der Waals surface area contributed by atoms with Gasteiger partial charge >= 0.3 is 12.4 Å². The van der Waals surface area contributed by atoms with Crippen molar-refractivity contribution in [3.63, 3.8) is 0 Å². The van der Waals surface area contributed by atoms with E-state index in [0.29, 0.717) is 17.6 Å². The molecule has 1 aromatic heterocycles. The highest BCUT2D eigenvalue weighted by molar-refractivity contribution is 7.99.